The summed E-state index contributed by atoms with van der Waals surface area (Å²) >= 11 is 5.01. The maximum Gasteiger partial charge on any atom is 0.373 e. The molecule has 0 aliphatic heterocycles. The molecular formula is C16H10BrNO2S. The van der Waals surface area contributed by atoms with Gasteiger partial charge in [0.05, 0.1) is 5.69 Å². The van der Waals surface area contributed by atoms with E-state index in [1.807, 2.05) is 6.07 Å². The number of benzene rings is 2. The molecule has 3 nitrogen and oxygen atoms in total. The summed E-state index contributed by atoms with van der Waals surface area (Å²) in [7, 11) is 0. The first kappa shape index (κ1) is 15.3. The molecule has 2 aromatic carbocycles. The van der Waals surface area contributed by atoms with Gasteiger partial charge in [0.2, 0.25) is 0 Å². The molecule has 21 heavy (non-hydrogen) atoms. The standard InChI is InChI=1S/C15H10BrNS.CO2/c16-15-17-14(10-18-15)13-8-4-7-12(9-13)11-5-2-1-3-6-11;2-1-3/h1-10H;. The Hall–Kier alpha value is -2.07. The molecule has 1 heterocycles. The molecule has 0 unspecified atom stereocenters. The Bertz CT molecular complexity index is 750. The van der Waals surface area contributed by atoms with Crippen LogP contribution in [0.3, 0.4) is 0 Å². The van der Waals surface area contributed by atoms with E-state index in [1.54, 1.807) is 11.3 Å². The van der Waals surface area contributed by atoms with Gasteiger partial charge in [0.1, 0.15) is 0 Å². The quantitative estimate of drug-likeness (QED) is 0.668. The SMILES string of the molecule is Brc1nc(-c2cccc(-c3ccccc3)c2)cs1.O=C=O. The summed E-state index contributed by atoms with van der Waals surface area (Å²) in [6.07, 6.45) is 0.250. The molecule has 5 heteroatoms. The second-order valence-corrected chi connectivity index (χ2v) is 6.15. The molecular weight excluding hydrogens is 350 g/mol. The van der Waals surface area contributed by atoms with E-state index in [0.29, 0.717) is 0 Å². The number of nitrogens with zero attached hydrogens (tertiary/aromatic N) is 1. The number of carbonyl (C=O) groups excluding carboxylic acids is 2. The summed E-state index contributed by atoms with van der Waals surface area (Å²) in [5.74, 6) is 0. The van der Waals surface area contributed by atoms with Crippen molar-refractivity contribution in [3.05, 3.63) is 63.9 Å². The van der Waals surface area contributed by atoms with Crippen LogP contribution in [0, 0.1) is 0 Å². The van der Waals surface area contributed by atoms with Crippen LogP contribution < -0.4 is 0 Å². The molecule has 0 radical (unpaired) electrons. The third-order valence-corrected chi connectivity index (χ3v) is 4.11. The van der Waals surface area contributed by atoms with Crippen LogP contribution in [-0.2, 0) is 9.59 Å². The molecule has 3 aromatic rings. The Labute approximate surface area is 134 Å². The minimum atomic E-state index is 0.250. The first-order valence-corrected chi connectivity index (χ1v) is 7.68. The molecule has 0 spiro atoms. The van der Waals surface area contributed by atoms with Crippen LogP contribution in [0.4, 0.5) is 0 Å². The molecule has 0 aliphatic rings. The van der Waals surface area contributed by atoms with Gasteiger partial charge in [0.25, 0.3) is 0 Å². The lowest BCUT2D eigenvalue weighted by molar-refractivity contribution is -0.191. The molecule has 0 N–H and O–H groups in total. The van der Waals surface area contributed by atoms with Gasteiger partial charge in [0.15, 0.2) is 3.92 Å². The van der Waals surface area contributed by atoms with E-state index in [2.05, 4.69) is 74.8 Å². The third kappa shape index (κ3) is 4.20. The highest BCUT2D eigenvalue weighted by molar-refractivity contribution is 9.11. The van der Waals surface area contributed by atoms with Crippen molar-refractivity contribution in [1.82, 2.24) is 4.98 Å². The van der Waals surface area contributed by atoms with Gasteiger partial charge in [-0.05, 0) is 33.1 Å². The summed E-state index contributed by atoms with van der Waals surface area (Å²) in [5.41, 5.74) is 4.62. The fourth-order valence-corrected chi connectivity index (χ4v) is 2.89. The maximum atomic E-state index is 8.12. The van der Waals surface area contributed by atoms with Crippen LogP contribution in [0.1, 0.15) is 0 Å². The van der Waals surface area contributed by atoms with Crippen molar-refractivity contribution in [3.63, 3.8) is 0 Å². The third-order valence-electron chi connectivity index (χ3n) is 2.74. The molecule has 0 amide bonds. The highest BCUT2D eigenvalue weighted by atomic mass is 79.9. The Morgan fingerprint density at radius 1 is 0.905 bits per heavy atom. The summed E-state index contributed by atoms with van der Waals surface area (Å²) in [6, 6.07) is 18.9. The first-order chi connectivity index (χ1) is 10.2. The van der Waals surface area contributed by atoms with Crippen LogP contribution in [0.15, 0.2) is 63.9 Å². The predicted molar refractivity (Wildman–Crippen MR) is 85.7 cm³/mol. The Morgan fingerprint density at radius 3 is 2.14 bits per heavy atom. The molecule has 0 fully saturated rings. The van der Waals surface area contributed by atoms with E-state index in [4.69, 9.17) is 9.59 Å². The van der Waals surface area contributed by atoms with Crippen molar-refractivity contribution < 1.29 is 9.59 Å². The topological polar surface area (TPSA) is 47.0 Å². The van der Waals surface area contributed by atoms with E-state index < -0.39 is 0 Å². The van der Waals surface area contributed by atoms with Crippen molar-refractivity contribution in [1.29, 1.82) is 0 Å². The Morgan fingerprint density at radius 2 is 1.52 bits per heavy atom. The van der Waals surface area contributed by atoms with Crippen LogP contribution in [-0.4, -0.2) is 11.1 Å². The minimum Gasteiger partial charge on any atom is -0.229 e. The normalized spacial score (nSPS) is 9.38. The lowest BCUT2D eigenvalue weighted by Gasteiger charge is -2.03. The van der Waals surface area contributed by atoms with Gasteiger partial charge in [0, 0.05) is 10.9 Å². The number of rotatable bonds is 2. The number of hydrogen-bond acceptors (Lipinski definition) is 4. The molecule has 0 saturated heterocycles. The summed E-state index contributed by atoms with van der Waals surface area (Å²) < 4.78 is 0.919. The van der Waals surface area contributed by atoms with Crippen LogP contribution in [0.2, 0.25) is 0 Å². The maximum absolute atomic E-state index is 8.12. The van der Waals surface area contributed by atoms with Crippen molar-refractivity contribution >= 4 is 33.4 Å². The zero-order chi connectivity index (χ0) is 15.1. The van der Waals surface area contributed by atoms with Crippen LogP contribution in [0.25, 0.3) is 22.4 Å². The molecule has 0 bridgehead atoms. The highest BCUT2D eigenvalue weighted by Gasteiger charge is 2.04. The number of hydrogen-bond donors (Lipinski definition) is 0. The van der Waals surface area contributed by atoms with Gasteiger partial charge in [-0.1, -0.05) is 48.5 Å². The van der Waals surface area contributed by atoms with E-state index in [0.717, 1.165) is 15.2 Å². The molecule has 0 atom stereocenters. The van der Waals surface area contributed by atoms with Gasteiger partial charge < -0.3 is 0 Å². The summed E-state index contributed by atoms with van der Waals surface area (Å²) in [5, 5.41) is 2.06. The van der Waals surface area contributed by atoms with Gasteiger partial charge in [-0.2, -0.15) is 9.59 Å². The largest absolute Gasteiger partial charge is 0.373 e. The molecule has 0 aliphatic carbocycles. The van der Waals surface area contributed by atoms with Crippen molar-refractivity contribution in [2.24, 2.45) is 0 Å². The van der Waals surface area contributed by atoms with E-state index in [9.17, 15) is 0 Å². The molecule has 1 aromatic heterocycles. The van der Waals surface area contributed by atoms with Crippen molar-refractivity contribution in [3.8, 4) is 22.4 Å². The Balaban J connectivity index is 0.000000497. The summed E-state index contributed by atoms with van der Waals surface area (Å²) in [6.45, 7) is 0. The average Bonchev–Trinajstić information content (AvgIpc) is 2.96. The highest BCUT2D eigenvalue weighted by Crippen LogP contribution is 2.28. The fourth-order valence-electron chi connectivity index (χ4n) is 1.87. The minimum absolute atomic E-state index is 0.250. The smallest absolute Gasteiger partial charge is 0.229 e. The molecule has 3 rings (SSSR count). The van der Waals surface area contributed by atoms with E-state index in [1.165, 1.54) is 11.1 Å². The zero-order valence-electron chi connectivity index (χ0n) is 10.8. The van der Waals surface area contributed by atoms with Gasteiger partial charge in [-0.15, -0.1) is 11.3 Å². The lowest BCUT2D eigenvalue weighted by Crippen LogP contribution is -1.81. The van der Waals surface area contributed by atoms with Crippen LogP contribution >= 0.6 is 27.3 Å². The second-order valence-electron chi connectivity index (χ2n) is 4.02. The zero-order valence-corrected chi connectivity index (χ0v) is 13.2. The van der Waals surface area contributed by atoms with Gasteiger partial charge in [-0.25, -0.2) is 4.98 Å². The predicted octanol–water partition coefficient (Wildman–Crippen LogP) is 4.66. The first-order valence-electron chi connectivity index (χ1n) is 6.00. The molecule has 104 valence electrons. The van der Waals surface area contributed by atoms with Crippen molar-refractivity contribution in [2.75, 3.05) is 0 Å². The van der Waals surface area contributed by atoms with E-state index in [-0.39, 0.29) is 6.15 Å². The van der Waals surface area contributed by atoms with Crippen molar-refractivity contribution in [2.45, 2.75) is 0 Å². The monoisotopic (exact) mass is 359 g/mol. The lowest BCUT2D eigenvalue weighted by atomic mass is 10.0. The summed E-state index contributed by atoms with van der Waals surface area (Å²) in [4.78, 5) is 20.7. The van der Waals surface area contributed by atoms with Gasteiger partial charge >= 0.3 is 6.15 Å². The second kappa shape index (κ2) is 7.64. The number of aromatic nitrogens is 1. The van der Waals surface area contributed by atoms with Gasteiger partial charge in [-0.3, -0.25) is 0 Å². The number of halogens is 1. The average molecular weight is 360 g/mol. The fraction of sp³-hybridized carbons (Fsp3) is 0. The molecule has 0 saturated carbocycles. The van der Waals surface area contributed by atoms with E-state index >= 15 is 0 Å². The van der Waals surface area contributed by atoms with Crippen LogP contribution in [0.5, 0.6) is 0 Å². The Kier molecular flexibility index (Phi) is 5.58. The number of thiazole rings is 1.